The third-order valence-corrected chi connectivity index (χ3v) is 4.84. The van der Waals surface area contributed by atoms with Crippen LogP contribution in [0, 0.1) is 20.8 Å². The molecule has 0 fully saturated rings. The molecule has 0 aliphatic heterocycles. The Kier molecular flexibility index (Phi) is 5.21. The van der Waals surface area contributed by atoms with Crippen LogP contribution in [0.2, 0.25) is 0 Å². The first-order chi connectivity index (χ1) is 12.4. The zero-order valence-corrected chi connectivity index (χ0v) is 15.8. The first-order valence-corrected chi connectivity index (χ1v) is 8.87. The monoisotopic (exact) mass is 347 g/mol. The van der Waals surface area contributed by atoms with Crippen molar-refractivity contribution in [3.05, 3.63) is 88.5 Å². The maximum absolute atomic E-state index is 12.6. The zero-order chi connectivity index (χ0) is 18.7. The molecule has 3 rings (SSSR count). The van der Waals surface area contributed by atoms with E-state index in [9.17, 15) is 4.79 Å². The summed E-state index contributed by atoms with van der Waals surface area (Å²) >= 11 is 0. The molecule has 1 atom stereocenters. The number of aryl methyl sites for hydroxylation is 3. The number of amides is 1. The fourth-order valence-electron chi connectivity index (χ4n) is 3.16. The minimum absolute atomic E-state index is 0.0348. The lowest BCUT2D eigenvalue weighted by molar-refractivity contribution is 0.0940. The number of hydrogen-bond acceptors (Lipinski definition) is 2. The zero-order valence-electron chi connectivity index (χ0n) is 15.8. The summed E-state index contributed by atoms with van der Waals surface area (Å²) in [5, 5.41) is 3.11. The third kappa shape index (κ3) is 4.02. The number of carbonyl (C=O) groups excluding carboxylic acids is 1. The molecule has 2 aromatic carbocycles. The Morgan fingerprint density at radius 1 is 1.08 bits per heavy atom. The van der Waals surface area contributed by atoms with Gasteiger partial charge in [-0.05, 0) is 67.6 Å². The van der Waals surface area contributed by atoms with Crippen molar-refractivity contribution in [1.29, 1.82) is 0 Å². The highest BCUT2D eigenvalue weighted by Gasteiger charge is 2.14. The Balaban J connectivity index is 1.68. The quantitative estimate of drug-likeness (QED) is 0.746. The topological polar surface area (TPSA) is 46.9 Å². The van der Waals surface area contributed by atoms with Gasteiger partial charge in [-0.15, -0.1) is 0 Å². The second-order valence-electron chi connectivity index (χ2n) is 6.92. The summed E-state index contributed by atoms with van der Waals surface area (Å²) in [6, 6.07) is 12.0. The van der Waals surface area contributed by atoms with Crippen LogP contribution in [0.15, 0.2) is 55.1 Å². The Hall–Kier alpha value is -2.88. The predicted molar refractivity (Wildman–Crippen MR) is 104 cm³/mol. The van der Waals surface area contributed by atoms with E-state index in [0.717, 1.165) is 17.7 Å². The van der Waals surface area contributed by atoms with Crippen molar-refractivity contribution in [2.24, 2.45) is 0 Å². The summed E-state index contributed by atoms with van der Waals surface area (Å²) in [5.74, 6) is -0.0516. The molecule has 0 aliphatic carbocycles. The van der Waals surface area contributed by atoms with E-state index in [4.69, 9.17) is 0 Å². The van der Waals surface area contributed by atoms with Gasteiger partial charge >= 0.3 is 0 Å². The van der Waals surface area contributed by atoms with Gasteiger partial charge < -0.3 is 9.88 Å². The van der Waals surface area contributed by atoms with Gasteiger partial charge in [-0.3, -0.25) is 4.79 Å². The number of carbonyl (C=O) groups is 1. The summed E-state index contributed by atoms with van der Waals surface area (Å²) in [7, 11) is 0. The first kappa shape index (κ1) is 17.9. The Morgan fingerprint density at radius 3 is 2.42 bits per heavy atom. The van der Waals surface area contributed by atoms with Crippen LogP contribution in [0.25, 0.3) is 0 Å². The molecule has 0 saturated carbocycles. The van der Waals surface area contributed by atoms with E-state index < -0.39 is 0 Å². The average molecular weight is 347 g/mol. The largest absolute Gasteiger partial charge is 0.346 e. The maximum Gasteiger partial charge on any atom is 0.251 e. The number of benzene rings is 2. The van der Waals surface area contributed by atoms with E-state index in [1.807, 2.05) is 42.0 Å². The first-order valence-electron chi connectivity index (χ1n) is 8.87. The molecule has 3 aromatic rings. The van der Waals surface area contributed by atoms with Crippen molar-refractivity contribution in [3.8, 4) is 0 Å². The molecule has 1 heterocycles. The summed E-state index contributed by atoms with van der Waals surface area (Å²) in [5.41, 5.74) is 6.70. The number of nitrogens with one attached hydrogen (secondary N) is 1. The van der Waals surface area contributed by atoms with Gasteiger partial charge in [0.2, 0.25) is 0 Å². The van der Waals surface area contributed by atoms with Gasteiger partial charge in [0.15, 0.2) is 0 Å². The Bertz CT molecular complexity index is 896. The minimum Gasteiger partial charge on any atom is -0.346 e. The number of hydrogen-bond donors (Lipinski definition) is 1. The van der Waals surface area contributed by atoms with Gasteiger partial charge in [0.05, 0.1) is 12.4 Å². The number of aromatic nitrogens is 2. The van der Waals surface area contributed by atoms with E-state index >= 15 is 0 Å². The molecule has 0 unspecified atom stereocenters. The third-order valence-electron chi connectivity index (χ3n) is 4.84. The number of imidazole rings is 1. The fraction of sp³-hybridized carbons (Fsp3) is 0.273. The van der Waals surface area contributed by atoms with Crippen LogP contribution in [0.1, 0.15) is 51.1 Å². The van der Waals surface area contributed by atoms with Crippen molar-refractivity contribution in [1.82, 2.24) is 14.9 Å². The van der Waals surface area contributed by atoms with Crippen LogP contribution in [-0.2, 0) is 6.54 Å². The Morgan fingerprint density at radius 2 is 1.77 bits per heavy atom. The van der Waals surface area contributed by atoms with Crippen LogP contribution in [0.5, 0.6) is 0 Å². The van der Waals surface area contributed by atoms with Gasteiger partial charge in [0, 0.05) is 24.5 Å². The molecule has 0 aliphatic rings. The molecular weight excluding hydrogens is 322 g/mol. The Labute approximate surface area is 154 Å². The fourth-order valence-corrected chi connectivity index (χ4v) is 3.16. The van der Waals surface area contributed by atoms with E-state index in [1.165, 1.54) is 16.7 Å². The normalized spacial score (nSPS) is 12.0. The second kappa shape index (κ2) is 7.56. The molecule has 0 spiro atoms. The van der Waals surface area contributed by atoms with Crippen LogP contribution < -0.4 is 5.32 Å². The average Bonchev–Trinajstić information content (AvgIpc) is 3.11. The molecule has 0 saturated heterocycles. The van der Waals surface area contributed by atoms with Crippen molar-refractivity contribution in [2.75, 3.05) is 0 Å². The van der Waals surface area contributed by atoms with E-state index in [1.54, 1.807) is 12.5 Å². The molecule has 1 aromatic heterocycles. The summed E-state index contributed by atoms with van der Waals surface area (Å²) in [4.78, 5) is 16.6. The van der Waals surface area contributed by atoms with Crippen molar-refractivity contribution in [2.45, 2.75) is 40.3 Å². The molecule has 0 bridgehead atoms. The standard InChI is InChI=1S/C22H25N3O/c1-15-11-17(3)21(12-16(15)2)18(4)24-22(26)20-7-5-19(6-8-20)13-25-10-9-23-14-25/h5-12,14,18H,13H2,1-4H3,(H,24,26)/t18-/m0/s1. The molecule has 26 heavy (non-hydrogen) atoms. The number of rotatable bonds is 5. The predicted octanol–water partition coefficient (Wildman–Crippen LogP) is 4.35. The summed E-state index contributed by atoms with van der Waals surface area (Å²) < 4.78 is 2.00. The second-order valence-corrected chi connectivity index (χ2v) is 6.92. The molecule has 134 valence electrons. The van der Waals surface area contributed by atoms with Gasteiger partial charge in [-0.25, -0.2) is 4.98 Å². The maximum atomic E-state index is 12.6. The van der Waals surface area contributed by atoms with Crippen LogP contribution in [0.3, 0.4) is 0 Å². The summed E-state index contributed by atoms with van der Waals surface area (Å²) in [6.07, 6.45) is 5.47. The highest BCUT2D eigenvalue weighted by molar-refractivity contribution is 5.94. The van der Waals surface area contributed by atoms with Gasteiger partial charge in [-0.1, -0.05) is 24.3 Å². The lowest BCUT2D eigenvalue weighted by Gasteiger charge is -2.18. The lowest BCUT2D eigenvalue weighted by Crippen LogP contribution is -2.27. The van der Waals surface area contributed by atoms with Crippen molar-refractivity contribution < 1.29 is 4.79 Å². The van der Waals surface area contributed by atoms with Gasteiger partial charge in [0.1, 0.15) is 0 Å². The van der Waals surface area contributed by atoms with E-state index in [0.29, 0.717) is 5.56 Å². The van der Waals surface area contributed by atoms with Gasteiger partial charge in [-0.2, -0.15) is 0 Å². The molecular formula is C22H25N3O. The van der Waals surface area contributed by atoms with Crippen LogP contribution in [0.4, 0.5) is 0 Å². The van der Waals surface area contributed by atoms with E-state index in [-0.39, 0.29) is 11.9 Å². The minimum atomic E-state index is -0.0516. The lowest BCUT2D eigenvalue weighted by atomic mass is 9.96. The van der Waals surface area contributed by atoms with Gasteiger partial charge in [0.25, 0.3) is 5.91 Å². The van der Waals surface area contributed by atoms with Crippen LogP contribution >= 0.6 is 0 Å². The SMILES string of the molecule is Cc1cc(C)c([C@H](C)NC(=O)c2ccc(Cn3ccnc3)cc2)cc1C. The highest BCUT2D eigenvalue weighted by Crippen LogP contribution is 2.22. The van der Waals surface area contributed by atoms with E-state index in [2.05, 4.69) is 43.2 Å². The smallest absolute Gasteiger partial charge is 0.251 e. The van der Waals surface area contributed by atoms with Crippen LogP contribution in [-0.4, -0.2) is 15.5 Å². The van der Waals surface area contributed by atoms with Crippen molar-refractivity contribution in [3.63, 3.8) is 0 Å². The molecule has 0 radical (unpaired) electrons. The highest BCUT2D eigenvalue weighted by atomic mass is 16.1. The van der Waals surface area contributed by atoms with Crippen molar-refractivity contribution >= 4 is 5.91 Å². The number of nitrogens with zero attached hydrogens (tertiary/aromatic N) is 2. The molecule has 4 heteroatoms. The summed E-state index contributed by atoms with van der Waals surface area (Å²) in [6.45, 7) is 9.09. The molecule has 1 N–H and O–H groups in total. The molecule has 4 nitrogen and oxygen atoms in total. The molecule has 1 amide bonds.